The Bertz CT molecular complexity index is 576. The zero-order valence-electron chi connectivity index (χ0n) is 9.68. The third kappa shape index (κ3) is 2.63. The summed E-state index contributed by atoms with van der Waals surface area (Å²) in [6.07, 6.45) is 0. The molecule has 0 aliphatic heterocycles. The van der Waals surface area contributed by atoms with Crippen molar-refractivity contribution in [1.29, 1.82) is 0 Å². The monoisotopic (exact) mass is 262 g/mol. The molecule has 0 bridgehead atoms. The van der Waals surface area contributed by atoms with Crippen LogP contribution in [0.3, 0.4) is 0 Å². The van der Waals surface area contributed by atoms with Crippen molar-refractivity contribution >= 4 is 17.6 Å². The van der Waals surface area contributed by atoms with Crippen molar-refractivity contribution in [3.8, 4) is 16.9 Å². The van der Waals surface area contributed by atoms with Crippen molar-refractivity contribution in [2.45, 2.75) is 0 Å². The van der Waals surface area contributed by atoms with Crippen LogP contribution in [0.4, 0.5) is 0 Å². The minimum Gasteiger partial charge on any atom is -0.497 e. The van der Waals surface area contributed by atoms with Crippen molar-refractivity contribution in [3.05, 3.63) is 53.1 Å². The maximum atomic E-state index is 11.0. The number of methoxy groups -OCH3 is 1. The van der Waals surface area contributed by atoms with Gasteiger partial charge in [0.1, 0.15) is 5.75 Å². The number of carboxylic acids is 1. The minimum atomic E-state index is -0.993. The van der Waals surface area contributed by atoms with Crippen molar-refractivity contribution in [2.24, 2.45) is 0 Å². The zero-order chi connectivity index (χ0) is 13.1. The molecule has 0 aliphatic carbocycles. The summed E-state index contributed by atoms with van der Waals surface area (Å²) in [5.41, 5.74) is 1.83. The van der Waals surface area contributed by atoms with Gasteiger partial charge >= 0.3 is 5.97 Å². The van der Waals surface area contributed by atoms with Gasteiger partial charge in [-0.15, -0.1) is 0 Å². The Kier molecular flexibility index (Phi) is 3.53. The highest BCUT2D eigenvalue weighted by Gasteiger charge is 2.07. The Morgan fingerprint density at radius 1 is 1.11 bits per heavy atom. The number of hydrogen-bond acceptors (Lipinski definition) is 2. The van der Waals surface area contributed by atoms with Gasteiger partial charge in [-0.1, -0.05) is 23.7 Å². The second-order valence-corrected chi connectivity index (χ2v) is 4.20. The number of rotatable bonds is 3. The quantitative estimate of drug-likeness (QED) is 0.917. The molecule has 0 heterocycles. The molecule has 0 aromatic heterocycles. The lowest BCUT2D eigenvalue weighted by atomic mass is 10.0. The SMILES string of the molecule is COc1ccc(-c2cc(Cl)cc(C(=O)O)c2)cc1. The smallest absolute Gasteiger partial charge is 0.335 e. The van der Waals surface area contributed by atoms with Crippen LogP contribution in [0.2, 0.25) is 5.02 Å². The van der Waals surface area contributed by atoms with Crippen LogP contribution in [0.15, 0.2) is 42.5 Å². The first kappa shape index (κ1) is 12.5. The average Bonchev–Trinajstić information content (AvgIpc) is 2.38. The molecular weight excluding hydrogens is 252 g/mol. The van der Waals surface area contributed by atoms with Crippen LogP contribution < -0.4 is 4.74 Å². The van der Waals surface area contributed by atoms with Gasteiger partial charge in [0.2, 0.25) is 0 Å². The summed E-state index contributed by atoms with van der Waals surface area (Å²) < 4.78 is 5.07. The predicted octanol–water partition coefficient (Wildman–Crippen LogP) is 3.71. The molecule has 92 valence electrons. The van der Waals surface area contributed by atoms with Crippen molar-refractivity contribution in [1.82, 2.24) is 0 Å². The van der Waals surface area contributed by atoms with Gasteiger partial charge in [0.15, 0.2) is 0 Å². The topological polar surface area (TPSA) is 46.5 Å². The molecule has 0 saturated heterocycles. The first-order valence-electron chi connectivity index (χ1n) is 5.28. The summed E-state index contributed by atoms with van der Waals surface area (Å²) in [6.45, 7) is 0. The zero-order valence-corrected chi connectivity index (χ0v) is 10.4. The molecule has 2 aromatic rings. The third-order valence-corrected chi connectivity index (χ3v) is 2.79. The van der Waals surface area contributed by atoms with Gasteiger partial charge in [0.25, 0.3) is 0 Å². The van der Waals surface area contributed by atoms with Crippen LogP contribution in [0, 0.1) is 0 Å². The van der Waals surface area contributed by atoms with Crippen LogP contribution in [0.25, 0.3) is 11.1 Å². The molecule has 0 amide bonds. The molecule has 2 aromatic carbocycles. The van der Waals surface area contributed by atoms with Gasteiger partial charge in [-0.25, -0.2) is 4.79 Å². The van der Waals surface area contributed by atoms with Crippen molar-refractivity contribution in [3.63, 3.8) is 0 Å². The first-order chi connectivity index (χ1) is 8.60. The van der Waals surface area contributed by atoms with E-state index < -0.39 is 5.97 Å². The number of halogens is 1. The molecule has 0 unspecified atom stereocenters. The number of carboxylic acid groups (broad SMARTS) is 1. The van der Waals surface area contributed by atoms with Crippen LogP contribution >= 0.6 is 11.6 Å². The highest BCUT2D eigenvalue weighted by Crippen LogP contribution is 2.26. The molecule has 0 radical (unpaired) electrons. The lowest BCUT2D eigenvalue weighted by molar-refractivity contribution is 0.0697. The Morgan fingerprint density at radius 3 is 2.33 bits per heavy atom. The van der Waals surface area contributed by atoms with E-state index in [2.05, 4.69) is 0 Å². The molecule has 18 heavy (non-hydrogen) atoms. The van der Waals surface area contributed by atoms with Crippen LogP contribution in [-0.2, 0) is 0 Å². The molecule has 1 N–H and O–H groups in total. The molecule has 3 nitrogen and oxygen atoms in total. The second-order valence-electron chi connectivity index (χ2n) is 3.76. The fourth-order valence-corrected chi connectivity index (χ4v) is 1.90. The minimum absolute atomic E-state index is 0.174. The van der Waals surface area contributed by atoms with Gasteiger partial charge in [0, 0.05) is 5.02 Å². The van der Waals surface area contributed by atoms with Crippen LogP contribution in [-0.4, -0.2) is 18.2 Å². The average molecular weight is 263 g/mol. The molecule has 0 fully saturated rings. The molecule has 0 spiro atoms. The van der Waals surface area contributed by atoms with E-state index in [1.54, 1.807) is 19.2 Å². The highest BCUT2D eigenvalue weighted by molar-refractivity contribution is 6.31. The Labute approximate surface area is 110 Å². The highest BCUT2D eigenvalue weighted by atomic mass is 35.5. The molecule has 0 saturated carbocycles. The maximum Gasteiger partial charge on any atom is 0.335 e. The number of aromatic carboxylic acids is 1. The summed E-state index contributed by atoms with van der Waals surface area (Å²) in [4.78, 5) is 11.0. The Morgan fingerprint density at radius 2 is 1.78 bits per heavy atom. The summed E-state index contributed by atoms with van der Waals surface area (Å²) in [7, 11) is 1.59. The summed E-state index contributed by atoms with van der Waals surface area (Å²) in [5.74, 6) is -0.244. The van der Waals surface area contributed by atoms with Crippen molar-refractivity contribution in [2.75, 3.05) is 7.11 Å². The number of benzene rings is 2. The normalized spacial score (nSPS) is 10.1. The van der Waals surface area contributed by atoms with E-state index in [-0.39, 0.29) is 5.56 Å². The molecule has 0 atom stereocenters. The van der Waals surface area contributed by atoms with E-state index in [1.807, 2.05) is 24.3 Å². The summed E-state index contributed by atoms with van der Waals surface area (Å²) >= 11 is 5.91. The van der Waals surface area contributed by atoms with Gasteiger partial charge in [0.05, 0.1) is 12.7 Å². The molecule has 0 aliphatic rings. The fraction of sp³-hybridized carbons (Fsp3) is 0.0714. The number of hydrogen-bond donors (Lipinski definition) is 1. The number of carbonyl (C=O) groups is 1. The van der Waals surface area contributed by atoms with E-state index in [0.717, 1.165) is 16.9 Å². The van der Waals surface area contributed by atoms with E-state index in [1.165, 1.54) is 6.07 Å². The molecule has 4 heteroatoms. The Hall–Kier alpha value is -2.00. The van der Waals surface area contributed by atoms with Crippen LogP contribution in [0.1, 0.15) is 10.4 Å². The summed E-state index contributed by atoms with van der Waals surface area (Å²) in [6, 6.07) is 12.1. The predicted molar refractivity (Wildman–Crippen MR) is 70.4 cm³/mol. The fourth-order valence-electron chi connectivity index (χ4n) is 1.66. The first-order valence-corrected chi connectivity index (χ1v) is 5.66. The van der Waals surface area contributed by atoms with E-state index in [4.69, 9.17) is 21.4 Å². The summed E-state index contributed by atoms with van der Waals surface area (Å²) in [5, 5.41) is 9.39. The Balaban J connectivity index is 2.46. The van der Waals surface area contributed by atoms with Crippen molar-refractivity contribution < 1.29 is 14.6 Å². The second kappa shape index (κ2) is 5.10. The standard InChI is InChI=1S/C14H11ClO3/c1-18-13-4-2-9(3-5-13)10-6-11(14(16)17)8-12(15)7-10/h2-8H,1H3,(H,16,17). The lowest BCUT2D eigenvalue weighted by Crippen LogP contribution is -1.96. The van der Waals surface area contributed by atoms with Crippen LogP contribution in [0.5, 0.6) is 5.75 Å². The van der Waals surface area contributed by atoms with Gasteiger partial charge < -0.3 is 9.84 Å². The van der Waals surface area contributed by atoms with Gasteiger partial charge in [-0.2, -0.15) is 0 Å². The molecular formula is C14H11ClO3. The maximum absolute atomic E-state index is 11.0. The van der Waals surface area contributed by atoms with E-state index in [0.29, 0.717) is 5.02 Å². The van der Waals surface area contributed by atoms with Gasteiger partial charge in [-0.3, -0.25) is 0 Å². The molecule has 2 rings (SSSR count). The largest absolute Gasteiger partial charge is 0.497 e. The van der Waals surface area contributed by atoms with E-state index >= 15 is 0 Å². The van der Waals surface area contributed by atoms with Gasteiger partial charge in [-0.05, 0) is 41.5 Å². The number of ether oxygens (including phenoxy) is 1. The lowest BCUT2D eigenvalue weighted by Gasteiger charge is -2.06. The van der Waals surface area contributed by atoms with E-state index in [9.17, 15) is 4.79 Å². The third-order valence-electron chi connectivity index (χ3n) is 2.57.